The zero-order chi connectivity index (χ0) is 15.5. The van der Waals surface area contributed by atoms with Gasteiger partial charge in [0.25, 0.3) is 0 Å². The first-order valence-corrected chi connectivity index (χ1v) is 6.61. The number of rotatable bonds is 6. The van der Waals surface area contributed by atoms with Crippen LogP contribution in [-0.2, 0) is 0 Å². The number of hydrogen-bond donors (Lipinski definition) is 0. The van der Waals surface area contributed by atoms with Crippen molar-refractivity contribution in [2.75, 3.05) is 26.4 Å². The van der Waals surface area contributed by atoms with Gasteiger partial charge in [0.05, 0.1) is 13.1 Å². The van der Waals surface area contributed by atoms with Crippen LogP contribution in [-0.4, -0.2) is 43.3 Å². The molecule has 0 fully saturated rings. The Morgan fingerprint density at radius 3 is 2.67 bits per heavy atom. The minimum atomic E-state index is -4.32. The van der Waals surface area contributed by atoms with E-state index in [0.29, 0.717) is 23.5 Å². The number of alkyl halides is 3. The predicted molar refractivity (Wildman–Crippen MR) is 69.7 cm³/mol. The van der Waals surface area contributed by atoms with Gasteiger partial charge < -0.3 is 9.47 Å². The van der Waals surface area contributed by atoms with E-state index in [1.54, 1.807) is 13.0 Å². The summed E-state index contributed by atoms with van der Waals surface area (Å²) in [4.78, 5) is 13.2. The molecule has 0 amide bonds. The van der Waals surface area contributed by atoms with E-state index in [0.717, 1.165) is 4.90 Å². The second kappa shape index (κ2) is 6.34. The minimum Gasteiger partial charge on any atom is -0.454 e. The first kappa shape index (κ1) is 15.6. The monoisotopic (exact) mass is 303 g/mol. The van der Waals surface area contributed by atoms with Gasteiger partial charge in [0, 0.05) is 5.56 Å². The van der Waals surface area contributed by atoms with Crippen molar-refractivity contribution in [1.82, 2.24) is 4.90 Å². The summed E-state index contributed by atoms with van der Waals surface area (Å²) in [5.41, 5.74) is 0.322. The zero-order valence-electron chi connectivity index (χ0n) is 11.6. The van der Waals surface area contributed by atoms with Gasteiger partial charge in [-0.25, -0.2) is 0 Å². The molecular formula is C14H16F3NO3. The van der Waals surface area contributed by atoms with E-state index in [1.165, 1.54) is 12.1 Å². The van der Waals surface area contributed by atoms with Gasteiger partial charge in [-0.05, 0) is 31.2 Å². The smallest absolute Gasteiger partial charge is 0.401 e. The molecule has 0 aliphatic carbocycles. The van der Waals surface area contributed by atoms with E-state index in [-0.39, 0.29) is 25.7 Å². The number of halogens is 3. The topological polar surface area (TPSA) is 38.8 Å². The molecule has 0 N–H and O–H groups in total. The molecule has 1 aromatic carbocycles. The van der Waals surface area contributed by atoms with E-state index in [1.807, 2.05) is 0 Å². The fourth-order valence-electron chi connectivity index (χ4n) is 2.15. The van der Waals surface area contributed by atoms with Crippen LogP contribution < -0.4 is 9.47 Å². The Morgan fingerprint density at radius 2 is 2.00 bits per heavy atom. The average Bonchev–Trinajstić information content (AvgIpc) is 2.83. The molecule has 116 valence electrons. The molecule has 2 rings (SSSR count). The molecule has 0 bridgehead atoms. The number of hydrogen-bond acceptors (Lipinski definition) is 4. The van der Waals surface area contributed by atoms with Gasteiger partial charge in [0.15, 0.2) is 17.3 Å². The van der Waals surface area contributed by atoms with Crippen LogP contribution in [0, 0.1) is 0 Å². The van der Waals surface area contributed by atoms with Crippen molar-refractivity contribution in [2.45, 2.75) is 19.5 Å². The van der Waals surface area contributed by atoms with Crippen LogP contribution in [0.25, 0.3) is 0 Å². The molecular weight excluding hydrogens is 287 g/mol. The number of carbonyl (C=O) groups is 1. The van der Waals surface area contributed by atoms with Crippen LogP contribution in [0.4, 0.5) is 13.2 Å². The van der Waals surface area contributed by atoms with Crippen LogP contribution in [0.5, 0.6) is 11.5 Å². The number of benzene rings is 1. The number of Topliss-reactive ketones (excluding diaryl/α,β-unsaturated/α-hetero) is 1. The highest BCUT2D eigenvalue weighted by molar-refractivity contribution is 5.98. The number of nitrogens with zero attached hydrogens (tertiary/aromatic N) is 1. The summed E-state index contributed by atoms with van der Waals surface area (Å²) in [5.74, 6) is 0.608. The van der Waals surface area contributed by atoms with E-state index < -0.39 is 12.7 Å². The van der Waals surface area contributed by atoms with Gasteiger partial charge in [-0.15, -0.1) is 0 Å². The highest BCUT2D eigenvalue weighted by atomic mass is 19.4. The second-order valence-electron chi connectivity index (χ2n) is 4.82. The molecule has 0 spiro atoms. The average molecular weight is 303 g/mol. The molecule has 0 saturated heterocycles. The van der Waals surface area contributed by atoms with Gasteiger partial charge in [-0.2, -0.15) is 13.2 Å². The van der Waals surface area contributed by atoms with Crippen molar-refractivity contribution in [3.63, 3.8) is 0 Å². The van der Waals surface area contributed by atoms with Crippen LogP contribution in [0.3, 0.4) is 0 Å². The fourth-order valence-corrected chi connectivity index (χ4v) is 2.15. The Kier molecular flexibility index (Phi) is 4.72. The molecule has 0 atom stereocenters. The highest BCUT2D eigenvalue weighted by Crippen LogP contribution is 2.32. The van der Waals surface area contributed by atoms with Crippen molar-refractivity contribution in [3.8, 4) is 11.5 Å². The summed E-state index contributed by atoms with van der Waals surface area (Å²) >= 11 is 0. The molecule has 1 aromatic rings. The SMILES string of the molecule is CCCN(CC(=O)c1ccc2c(c1)OCO2)CC(F)(F)F. The first-order chi connectivity index (χ1) is 9.89. The van der Waals surface area contributed by atoms with Crippen LogP contribution in [0.15, 0.2) is 18.2 Å². The van der Waals surface area contributed by atoms with Crippen molar-refractivity contribution in [1.29, 1.82) is 0 Å². The highest BCUT2D eigenvalue weighted by Gasteiger charge is 2.31. The Morgan fingerprint density at radius 1 is 1.29 bits per heavy atom. The Bertz CT molecular complexity index is 517. The maximum absolute atomic E-state index is 12.5. The van der Waals surface area contributed by atoms with Crippen molar-refractivity contribution in [2.24, 2.45) is 0 Å². The van der Waals surface area contributed by atoms with Gasteiger partial charge in [-0.3, -0.25) is 9.69 Å². The third kappa shape index (κ3) is 4.35. The maximum Gasteiger partial charge on any atom is 0.401 e. The van der Waals surface area contributed by atoms with Crippen LogP contribution in [0.1, 0.15) is 23.7 Å². The molecule has 0 saturated carbocycles. The predicted octanol–water partition coefficient (Wildman–Crippen LogP) is 2.87. The van der Waals surface area contributed by atoms with Crippen LogP contribution >= 0.6 is 0 Å². The molecule has 0 radical (unpaired) electrons. The molecule has 0 aromatic heterocycles. The number of ether oxygens (including phenoxy) is 2. The third-order valence-electron chi connectivity index (χ3n) is 3.00. The summed E-state index contributed by atoms with van der Waals surface area (Å²) in [7, 11) is 0. The molecule has 4 nitrogen and oxygen atoms in total. The van der Waals surface area contributed by atoms with Crippen LogP contribution in [0.2, 0.25) is 0 Å². The van der Waals surface area contributed by atoms with Crippen molar-refractivity contribution < 1.29 is 27.4 Å². The van der Waals surface area contributed by atoms with Gasteiger partial charge in [0.2, 0.25) is 6.79 Å². The minimum absolute atomic E-state index is 0.0863. The quantitative estimate of drug-likeness (QED) is 0.758. The Hall–Kier alpha value is -1.76. The lowest BCUT2D eigenvalue weighted by Crippen LogP contribution is -2.38. The number of carbonyl (C=O) groups excluding carboxylic acids is 1. The van der Waals surface area contributed by atoms with Crippen molar-refractivity contribution in [3.05, 3.63) is 23.8 Å². The van der Waals surface area contributed by atoms with E-state index in [9.17, 15) is 18.0 Å². The zero-order valence-corrected chi connectivity index (χ0v) is 11.6. The number of ketones is 1. The first-order valence-electron chi connectivity index (χ1n) is 6.61. The summed E-state index contributed by atoms with van der Waals surface area (Å²) in [6.45, 7) is 0.720. The summed E-state index contributed by atoms with van der Waals surface area (Å²) < 4.78 is 47.7. The molecule has 7 heteroatoms. The summed E-state index contributed by atoms with van der Waals surface area (Å²) in [6, 6.07) is 4.62. The Labute approximate surface area is 120 Å². The van der Waals surface area contributed by atoms with Gasteiger partial charge in [0.1, 0.15) is 0 Å². The molecule has 1 aliphatic heterocycles. The second-order valence-corrected chi connectivity index (χ2v) is 4.82. The van der Waals surface area contributed by atoms with E-state index in [2.05, 4.69) is 0 Å². The summed E-state index contributed by atoms with van der Waals surface area (Å²) in [6.07, 6.45) is -3.77. The Balaban J connectivity index is 2.04. The fraction of sp³-hybridized carbons (Fsp3) is 0.500. The third-order valence-corrected chi connectivity index (χ3v) is 3.00. The summed E-state index contributed by atoms with van der Waals surface area (Å²) in [5, 5.41) is 0. The molecule has 1 aliphatic rings. The molecule has 0 unspecified atom stereocenters. The number of fused-ring (bicyclic) bond motifs is 1. The standard InChI is InChI=1S/C14H16F3NO3/c1-2-5-18(8-14(15,16)17)7-11(19)10-3-4-12-13(6-10)21-9-20-12/h3-4,6H,2,5,7-9H2,1H3. The molecule has 21 heavy (non-hydrogen) atoms. The van der Waals surface area contributed by atoms with E-state index >= 15 is 0 Å². The van der Waals surface area contributed by atoms with Gasteiger partial charge in [-0.1, -0.05) is 6.92 Å². The lowest BCUT2D eigenvalue weighted by Gasteiger charge is -2.22. The normalized spacial score (nSPS) is 13.8. The van der Waals surface area contributed by atoms with Gasteiger partial charge >= 0.3 is 6.18 Å². The largest absolute Gasteiger partial charge is 0.454 e. The lowest BCUT2D eigenvalue weighted by atomic mass is 10.1. The van der Waals surface area contributed by atoms with E-state index in [4.69, 9.17) is 9.47 Å². The molecule has 1 heterocycles. The van der Waals surface area contributed by atoms with Crippen molar-refractivity contribution >= 4 is 5.78 Å². The maximum atomic E-state index is 12.5. The lowest BCUT2D eigenvalue weighted by molar-refractivity contribution is -0.144.